The molecule has 0 unspecified atom stereocenters. The number of rotatable bonds is 6. The Hall–Kier alpha value is -2.00. The van der Waals surface area contributed by atoms with Gasteiger partial charge in [0.2, 0.25) is 0 Å². The number of hydrogen-bond acceptors (Lipinski definition) is 3. The van der Waals surface area contributed by atoms with Gasteiger partial charge in [0.05, 0.1) is 6.61 Å². The van der Waals surface area contributed by atoms with Gasteiger partial charge in [0.25, 0.3) is 0 Å². The van der Waals surface area contributed by atoms with E-state index in [9.17, 15) is 0 Å². The van der Waals surface area contributed by atoms with Crippen molar-refractivity contribution in [2.45, 2.75) is 13.5 Å². The molecule has 2 rings (SSSR count). The van der Waals surface area contributed by atoms with Crippen LogP contribution in [0.15, 0.2) is 48.5 Å². The third kappa shape index (κ3) is 3.73. The molecule has 0 saturated heterocycles. The molecule has 0 fully saturated rings. The van der Waals surface area contributed by atoms with Gasteiger partial charge in [-0.1, -0.05) is 36.4 Å². The Morgan fingerprint density at radius 2 is 1.53 bits per heavy atom. The summed E-state index contributed by atoms with van der Waals surface area (Å²) in [5, 5.41) is 8.80. The van der Waals surface area contributed by atoms with Crippen LogP contribution in [-0.4, -0.2) is 18.3 Å². The van der Waals surface area contributed by atoms with Gasteiger partial charge in [0, 0.05) is 0 Å². The number of ether oxygens (including phenoxy) is 2. The molecule has 0 radical (unpaired) electrons. The highest BCUT2D eigenvalue weighted by Crippen LogP contribution is 2.27. The van der Waals surface area contributed by atoms with E-state index in [4.69, 9.17) is 14.6 Å². The Balaban J connectivity index is 2.05. The van der Waals surface area contributed by atoms with E-state index in [0.717, 1.165) is 5.56 Å². The number of para-hydroxylation sites is 2. The topological polar surface area (TPSA) is 38.7 Å². The molecule has 1 N–H and O–H groups in total. The summed E-state index contributed by atoms with van der Waals surface area (Å²) >= 11 is 0. The standard InChI is InChI=1S/C16H18O3/c1-13-6-2-3-7-14(13)12-19-16-9-5-4-8-15(16)18-11-10-17/h2-9,17H,10-12H2,1H3. The van der Waals surface area contributed by atoms with Crippen LogP contribution in [0.5, 0.6) is 11.5 Å². The van der Waals surface area contributed by atoms with Crippen LogP contribution in [0.4, 0.5) is 0 Å². The summed E-state index contributed by atoms with van der Waals surface area (Å²) in [5.74, 6) is 1.35. The minimum Gasteiger partial charge on any atom is -0.487 e. The number of hydrogen-bond donors (Lipinski definition) is 1. The van der Waals surface area contributed by atoms with Crippen molar-refractivity contribution in [1.82, 2.24) is 0 Å². The molecule has 0 bridgehead atoms. The average Bonchev–Trinajstić information content (AvgIpc) is 2.45. The fourth-order valence-electron chi connectivity index (χ4n) is 1.77. The number of aryl methyl sites for hydroxylation is 1. The second-order valence-electron chi connectivity index (χ2n) is 4.23. The zero-order valence-corrected chi connectivity index (χ0v) is 11.0. The molecule has 0 amide bonds. The van der Waals surface area contributed by atoms with Gasteiger partial charge in [-0.05, 0) is 30.2 Å². The Morgan fingerprint density at radius 3 is 2.21 bits per heavy atom. The first-order valence-corrected chi connectivity index (χ1v) is 6.31. The van der Waals surface area contributed by atoms with Crippen LogP contribution in [-0.2, 0) is 6.61 Å². The van der Waals surface area contributed by atoms with E-state index in [1.165, 1.54) is 5.56 Å². The first-order chi connectivity index (χ1) is 9.31. The number of aliphatic hydroxyl groups is 1. The van der Waals surface area contributed by atoms with E-state index in [0.29, 0.717) is 18.1 Å². The van der Waals surface area contributed by atoms with Gasteiger partial charge in [0.1, 0.15) is 13.2 Å². The van der Waals surface area contributed by atoms with E-state index in [2.05, 4.69) is 13.0 Å². The van der Waals surface area contributed by atoms with Gasteiger partial charge < -0.3 is 14.6 Å². The molecule has 0 aliphatic rings. The fraction of sp³-hybridized carbons (Fsp3) is 0.250. The molecule has 0 heterocycles. The zero-order valence-electron chi connectivity index (χ0n) is 11.0. The predicted molar refractivity (Wildman–Crippen MR) is 74.5 cm³/mol. The zero-order chi connectivity index (χ0) is 13.5. The van der Waals surface area contributed by atoms with E-state index in [-0.39, 0.29) is 13.2 Å². The summed E-state index contributed by atoms with van der Waals surface area (Å²) in [6.07, 6.45) is 0. The highest BCUT2D eigenvalue weighted by Gasteiger charge is 2.05. The van der Waals surface area contributed by atoms with E-state index in [1.807, 2.05) is 42.5 Å². The average molecular weight is 258 g/mol. The van der Waals surface area contributed by atoms with Gasteiger partial charge in [-0.3, -0.25) is 0 Å². The predicted octanol–water partition coefficient (Wildman–Crippen LogP) is 2.95. The third-order valence-electron chi connectivity index (χ3n) is 2.84. The van der Waals surface area contributed by atoms with Crippen LogP contribution in [0.2, 0.25) is 0 Å². The first-order valence-electron chi connectivity index (χ1n) is 6.31. The van der Waals surface area contributed by atoms with E-state index < -0.39 is 0 Å². The van der Waals surface area contributed by atoms with Gasteiger partial charge in [-0.15, -0.1) is 0 Å². The Labute approximate surface area is 113 Å². The lowest BCUT2D eigenvalue weighted by molar-refractivity contribution is 0.192. The van der Waals surface area contributed by atoms with Crippen molar-refractivity contribution in [3.63, 3.8) is 0 Å². The molecule has 0 atom stereocenters. The van der Waals surface area contributed by atoms with Crippen LogP contribution < -0.4 is 9.47 Å². The van der Waals surface area contributed by atoms with Crippen molar-refractivity contribution >= 4 is 0 Å². The summed E-state index contributed by atoms with van der Waals surface area (Å²) in [7, 11) is 0. The van der Waals surface area contributed by atoms with Crippen LogP contribution in [0, 0.1) is 6.92 Å². The summed E-state index contributed by atoms with van der Waals surface area (Å²) in [5.41, 5.74) is 2.36. The molecule has 0 aliphatic carbocycles. The summed E-state index contributed by atoms with van der Waals surface area (Å²) in [4.78, 5) is 0. The highest BCUT2D eigenvalue weighted by molar-refractivity contribution is 5.39. The molecule has 3 heteroatoms. The van der Waals surface area contributed by atoms with Crippen LogP contribution in [0.1, 0.15) is 11.1 Å². The molecule has 19 heavy (non-hydrogen) atoms. The van der Waals surface area contributed by atoms with Crippen molar-refractivity contribution < 1.29 is 14.6 Å². The third-order valence-corrected chi connectivity index (χ3v) is 2.84. The SMILES string of the molecule is Cc1ccccc1COc1ccccc1OCCO. The van der Waals surface area contributed by atoms with Gasteiger partial charge in [0.15, 0.2) is 11.5 Å². The van der Waals surface area contributed by atoms with Crippen LogP contribution >= 0.6 is 0 Å². The van der Waals surface area contributed by atoms with Gasteiger partial charge in [-0.25, -0.2) is 0 Å². The Kier molecular flexibility index (Phi) is 4.81. The lowest BCUT2D eigenvalue weighted by atomic mass is 10.1. The summed E-state index contributed by atoms with van der Waals surface area (Å²) in [6, 6.07) is 15.6. The minimum absolute atomic E-state index is 0.00781. The Morgan fingerprint density at radius 1 is 0.895 bits per heavy atom. The van der Waals surface area contributed by atoms with E-state index >= 15 is 0 Å². The van der Waals surface area contributed by atoms with Crippen molar-refractivity contribution in [1.29, 1.82) is 0 Å². The molecule has 0 saturated carbocycles. The summed E-state index contributed by atoms with van der Waals surface area (Å²) in [6.45, 7) is 2.83. The Bertz CT molecular complexity index is 523. The minimum atomic E-state index is -0.00781. The first kappa shape index (κ1) is 13.4. The molecule has 3 nitrogen and oxygen atoms in total. The highest BCUT2D eigenvalue weighted by atomic mass is 16.5. The molecule has 0 aliphatic heterocycles. The van der Waals surface area contributed by atoms with Crippen molar-refractivity contribution in [3.8, 4) is 11.5 Å². The number of aliphatic hydroxyl groups excluding tert-OH is 1. The molecular weight excluding hydrogens is 240 g/mol. The maximum atomic E-state index is 8.80. The monoisotopic (exact) mass is 258 g/mol. The maximum Gasteiger partial charge on any atom is 0.161 e. The fourth-order valence-corrected chi connectivity index (χ4v) is 1.77. The lowest BCUT2D eigenvalue weighted by Crippen LogP contribution is -2.04. The second-order valence-corrected chi connectivity index (χ2v) is 4.23. The van der Waals surface area contributed by atoms with Crippen LogP contribution in [0.25, 0.3) is 0 Å². The largest absolute Gasteiger partial charge is 0.487 e. The normalized spacial score (nSPS) is 10.2. The van der Waals surface area contributed by atoms with Crippen LogP contribution in [0.3, 0.4) is 0 Å². The maximum absolute atomic E-state index is 8.80. The molecule has 100 valence electrons. The number of benzene rings is 2. The molecule has 0 aromatic heterocycles. The summed E-state index contributed by atoms with van der Waals surface area (Å²) < 4.78 is 11.2. The van der Waals surface area contributed by atoms with Crippen molar-refractivity contribution in [3.05, 3.63) is 59.7 Å². The molecule has 2 aromatic rings. The quantitative estimate of drug-likeness (QED) is 0.865. The van der Waals surface area contributed by atoms with Crippen molar-refractivity contribution in [2.75, 3.05) is 13.2 Å². The molecule has 0 spiro atoms. The van der Waals surface area contributed by atoms with Crippen molar-refractivity contribution in [2.24, 2.45) is 0 Å². The van der Waals surface area contributed by atoms with Gasteiger partial charge in [-0.2, -0.15) is 0 Å². The second kappa shape index (κ2) is 6.81. The smallest absolute Gasteiger partial charge is 0.161 e. The van der Waals surface area contributed by atoms with Gasteiger partial charge >= 0.3 is 0 Å². The van der Waals surface area contributed by atoms with E-state index in [1.54, 1.807) is 0 Å². The molecule has 2 aromatic carbocycles. The lowest BCUT2D eigenvalue weighted by Gasteiger charge is -2.13. The molecular formula is C16H18O3.